The van der Waals surface area contributed by atoms with Crippen LogP contribution in [0.5, 0.6) is 0 Å². The quantitative estimate of drug-likeness (QED) is 0.345. The van der Waals surface area contributed by atoms with E-state index in [0.717, 1.165) is 24.7 Å². The van der Waals surface area contributed by atoms with Gasteiger partial charge in [-0.1, -0.05) is 79.1 Å². The van der Waals surface area contributed by atoms with Gasteiger partial charge in [0.15, 0.2) is 0 Å². The predicted octanol–water partition coefficient (Wildman–Crippen LogP) is 4.46. The average molecular weight is 388 g/mol. The van der Waals surface area contributed by atoms with Crippen molar-refractivity contribution in [2.24, 2.45) is 17.8 Å². The highest BCUT2D eigenvalue weighted by molar-refractivity contribution is 4.83. The van der Waals surface area contributed by atoms with Crippen LogP contribution in [-0.4, -0.2) is 58.7 Å². The van der Waals surface area contributed by atoms with E-state index in [0.29, 0.717) is 25.4 Å². The van der Waals surface area contributed by atoms with Gasteiger partial charge in [-0.05, 0) is 38.1 Å². The second-order valence-electron chi connectivity index (χ2n) is 9.72. The summed E-state index contributed by atoms with van der Waals surface area (Å²) in [5.74, 6) is 2.34. The Morgan fingerprint density at radius 1 is 0.852 bits per heavy atom. The van der Waals surface area contributed by atoms with Crippen LogP contribution >= 0.6 is 0 Å². The minimum Gasteiger partial charge on any atom is -0.395 e. The molecule has 0 heterocycles. The normalized spacial score (nSPS) is 17.9. The van der Waals surface area contributed by atoms with Gasteiger partial charge in [-0.2, -0.15) is 0 Å². The van der Waals surface area contributed by atoms with E-state index in [1.807, 2.05) is 11.9 Å². The highest BCUT2D eigenvalue weighted by Crippen LogP contribution is 2.24. The van der Waals surface area contributed by atoms with Gasteiger partial charge in [-0.15, -0.1) is 0 Å². The number of hydrogen-bond donors (Lipinski definition) is 3. The SMILES string of the molecule is CC(C)CCCC(C)CCCC(C)CCCC(C)(O)C(O)CN(C)CCO. The van der Waals surface area contributed by atoms with Crippen LogP contribution < -0.4 is 0 Å². The molecule has 0 aromatic carbocycles. The molecule has 0 aliphatic heterocycles. The van der Waals surface area contributed by atoms with E-state index in [-0.39, 0.29) is 6.61 Å². The fourth-order valence-corrected chi connectivity index (χ4v) is 3.71. The number of aliphatic hydroxyl groups excluding tert-OH is 2. The first kappa shape index (κ1) is 26.8. The van der Waals surface area contributed by atoms with E-state index >= 15 is 0 Å². The van der Waals surface area contributed by atoms with Crippen molar-refractivity contribution < 1.29 is 15.3 Å². The van der Waals surface area contributed by atoms with Crippen LogP contribution in [0.15, 0.2) is 0 Å². The van der Waals surface area contributed by atoms with Crippen molar-refractivity contribution in [1.29, 1.82) is 0 Å². The number of nitrogens with zero attached hydrogens (tertiary/aromatic N) is 1. The van der Waals surface area contributed by atoms with E-state index in [9.17, 15) is 10.2 Å². The van der Waals surface area contributed by atoms with Crippen LogP contribution in [0.3, 0.4) is 0 Å². The molecule has 0 spiro atoms. The Labute approximate surface area is 169 Å². The van der Waals surface area contributed by atoms with Crippen molar-refractivity contribution in [2.75, 3.05) is 26.7 Å². The van der Waals surface area contributed by atoms with Crippen molar-refractivity contribution in [3.05, 3.63) is 0 Å². The van der Waals surface area contributed by atoms with E-state index < -0.39 is 11.7 Å². The highest BCUT2D eigenvalue weighted by Gasteiger charge is 2.30. The van der Waals surface area contributed by atoms with Crippen LogP contribution in [0, 0.1) is 17.8 Å². The smallest absolute Gasteiger partial charge is 0.0950 e. The van der Waals surface area contributed by atoms with Gasteiger partial charge in [0, 0.05) is 13.1 Å². The molecule has 0 aromatic rings. The maximum absolute atomic E-state index is 10.5. The lowest BCUT2D eigenvalue weighted by Gasteiger charge is -2.32. The minimum absolute atomic E-state index is 0.0687. The number of rotatable bonds is 17. The molecule has 3 N–H and O–H groups in total. The lowest BCUT2D eigenvalue weighted by Crippen LogP contribution is -2.46. The number of hydrogen-bond acceptors (Lipinski definition) is 4. The molecule has 27 heavy (non-hydrogen) atoms. The molecule has 0 radical (unpaired) electrons. The Bertz CT molecular complexity index is 347. The summed E-state index contributed by atoms with van der Waals surface area (Å²) < 4.78 is 0. The van der Waals surface area contributed by atoms with Gasteiger partial charge in [0.25, 0.3) is 0 Å². The highest BCUT2D eigenvalue weighted by atomic mass is 16.3. The molecule has 4 heteroatoms. The van der Waals surface area contributed by atoms with Crippen LogP contribution in [0.1, 0.15) is 92.4 Å². The fraction of sp³-hybridized carbons (Fsp3) is 1.00. The molecule has 0 aromatic heterocycles. The van der Waals surface area contributed by atoms with Crippen LogP contribution in [0.2, 0.25) is 0 Å². The molecule has 4 nitrogen and oxygen atoms in total. The molecule has 0 amide bonds. The van der Waals surface area contributed by atoms with Crippen molar-refractivity contribution >= 4 is 0 Å². The zero-order valence-electron chi connectivity index (χ0n) is 19.1. The van der Waals surface area contributed by atoms with Gasteiger partial charge < -0.3 is 20.2 Å². The first-order valence-corrected chi connectivity index (χ1v) is 11.3. The van der Waals surface area contributed by atoms with Crippen molar-refractivity contribution in [3.8, 4) is 0 Å². The van der Waals surface area contributed by atoms with Gasteiger partial charge in [-0.3, -0.25) is 0 Å². The Hall–Kier alpha value is -0.160. The molecule has 0 bridgehead atoms. The molecule has 0 aliphatic carbocycles. The maximum Gasteiger partial charge on any atom is 0.0950 e. The predicted molar refractivity (Wildman–Crippen MR) is 116 cm³/mol. The topological polar surface area (TPSA) is 63.9 Å². The Kier molecular flexibility index (Phi) is 14.7. The van der Waals surface area contributed by atoms with E-state index in [1.165, 1.54) is 38.5 Å². The fourth-order valence-electron chi connectivity index (χ4n) is 3.71. The lowest BCUT2D eigenvalue weighted by atomic mass is 9.88. The molecule has 0 fully saturated rings. The number of aliphatic hydroxyl groups is 3. The minimum atomic E-state index is -1.06. The van der Waals surface area contributed by atoms with Crippen LogP contribution in [0.25, 0.3) is 0 Å². The molecular weight excluding hydrogens is 338 g/mol. The average Bonchev–Trinajstić information content (AvgIpc) is 2.54. The maximum atomic E-state index is 10.5. The third-order valence-electron chi connectivity index (χ3n) is 5.94. The van der Waals surface area contributed by atoms with E-state index in [4.69, 9.17) is 5.11 Å². The zero-order valence-corrected chi connectivity index (χ0v) is 19.1. The molecule has 0 aliphatic rings. The summed E-state index contributed by atoms with van der Waals surface area (Å²) in [6.45, 7) is 12.0. The summed E-state index contributed by atoms with van der Waals surface area (Å²) in [7, 11) is 1.85. The summed E-state index contributed by atoms with van der Waals surface area (Å²) in [5, 5.41) is 29.8. The monoisotopic (exact) mass is 387 g/mol. The molecular formula is C23H49NO3. The third kappa shape index (κ3) is 14.5. The van der Waals surface area contributed by atoms with E-state index in [1.54, 1.807) is 6.92 Å². The summed E-state index contributed by atoms with van der Waals surface area (Å²) in [6, 6.07) is 0. The summed E-state index contributed by atoms with van der Waals surface area (Å²) in [5.41, 5.74) is -1.06. The lowest BCUT2D eigenvalue weighted by molar-refractivity contribution is -0.0789. The standard InChI is InChI=1S/C23H49NO3/c1-19(2)10-7-11-20(3)12-8-13-21(4)14-9-15-23(5,27)22(26)18-24(6)16-17-25/h19-22,25-27H,7-18H2,1-6H3. The van der Waals surface area contributed by atoms with E-state index in [2.05, 4.69) is 27.7 Å². The largest absolute Gasteiger partial charge is 0.395 e. The van der Waals surface area contributed by atoms with Crippen molar-refractivity contribution in [2.45, 2.75) is 104 Å². The summed E-state index contributed by atoms with van der Waals surface area (Å²) in [6.07, 6.45) is 9.85. The first-order valence-electron chi connectivity index (χ1n) is 11.3. The summed E-state index contributed by atoms with van der Waals surface area (Å²) in [4.78, 5) is 1.85. The molecule has 164 valence electrons. The summed E-state index contributed by atoms with van der Waals surface area (Å²) >= 11 is 0. The molecule has 0 saturated carbocycles. The molecule has 0 saturated heterocycles. The van der Waals surface area contributed by atoms with Gasteiger partial charge in [0.2, 0.25) is 0 Å². The Balaban J connectivity index is 3.89. The van der Waals surface area contributed by atoms with Crippen molar-refractivity contribution in [1.82, 2.24) is 4.90 Å². The Morgan fingerprint density at radius 3 is 1.81 bits per heavy atom. The molecule has 4 unspecified atom stereocenters. The zero-order chi connectivity index (χ0) is 20.9. The van der Waals surface area contributed by atoms with Gasteiger partial charge >= 0.3 is 0 Å². The van der Waals surface area contributed by atoms with Gasteiger partial charge in [0.05, 0.1) is 18.3 Å². The van der Waals surface area contributed by atoms with Gasteiger partial charge in [0.1, 0.15) is 0 Å². The second-order valence-corrected chi connectivity index (χ2v) is 9.72. The van der Waals surface area contributed by atoms with Crippen molar-refractivity contribution in [3.63, 3.8) is 0 Å². The Morgan fingerprint density at radius 2 is 1.33 bits per heavy atom. The molecule has 0 rings (SSSR count). The molecule has 4 atom stereocenters. The van der Waals surface area contributed by atoms with Crippen LogP contribution in [0.4, 0.5) is 0 Å². The first-order chi connectivity index (χ1) is 12.6. The van der Waals surface area contributed by atoms with Crippen LogP contribution in [-0.2, 0) is 0 Å². The van der Waals surface area contributed by atoms with Gasteiger partial charge in [-0.25, -0.2) is 0 Å². The number of likely N-dealkylation sites (N-methyl/N-ethyl adjacent to an activating group) is 1. The second kappa shape index (κ2) is 14.8. The third-order valence-corrected chi connectivity index (χ3v) is 5.94.